The van der Waals surface area contributed by atoms with Crippen molar-refractivity contribution in [1.29, 1.82) is 0 Å². The van der Waals surface area contributed by atoms with Crippen LogP contribution < -0.4 is 0 Å². The predicted octanol–water partition coefficient (Wildman–Crippen LogP) is 4.33. The first kappa shape index (κ1) is 7.52. The van der Waals surface area contributed by atoms with Gasteiger partial charge in [-0.3, -0.25) is 0 Å². The number of hydrogen-bond donors (Lipinski definition) is 0. The molecule has 0 aliphatic heterocycles. The lowest BCUT2D eigenvalue weighted by Gasteiger charge is -1.80. The molecule has 0 aromatic carbocycles. The molecule has 0 atom stereocenters. The molecule has 0 nitrogen and oxygen atoms in total. The van der Waals surface area contributed by atoms with E-state index in [2.05, 4.69) is 49.3 Å². The van der Waals surface area contributed by atoms with Crippen LogP contribution in [0.3, 0.4) is 0 Å². The Balaban J connectivity index is 2.98. The van der Waals surface area contributed by atoms with E-state index in [4.69, 9.17) is 0 Å². The minimum Gasteiger partial charge on any atom is -0.132 e. The van der Waals surface area contributed by atoms with E-state index in [0.29, 0.717) is 0 Å². The summed E-state index contributed by atoms with van der Waals surface area (Å²) >= 11 is 9.49. The first-order valence-corrected chi connectivity index (χ1v) is 6.22. The molecule has 0 unspecified atom stereocenters. The van der Waals surface area contributed by atoms with Crippen LogP contribution in [0.15, 0.2) is 15.2 Å². The highest BCUT2D eigenvalue weighted by Crippen LogP contribution is 2.37. The van der Waals surface area contributed by atoms with Gasteiger partial charge in [0, 0.05) is 24.2 Å². The van der Waals surface area contributed by atoms with Gasteiger partial charge in [-0.15, -0.1) is 22.7 Å². The fraction of sp³-hybridized carbons (Fsp3) is 0. The molecule has 0 saturated heterocycles. The van der Waals surface area contributed by atoms with Crippen LogP contribution in [0, 0.1) is 3.57 Å². The summed E-state index contributed by atoms with van der Waals surface area (Å²) in [5, 5.41) is 5.71. The molecule has 2 aromatic heterocycles. The van der Waals surface area contributed by atoms with Crippen molar-refractivity contribution in [2.24, 2.45) is 0 Å². The summed E-state index contributed by atoms with van der Waals surface area (Å²) in [6.45, 7) is 0. The molecule has 0 bridgehead atoms. The summed E-state index contributed by atoms with van der Waals surface area (Å²) in [6.07, 6.45) is 0. The normalized spacial score (nSPS) is 11.0. The Morgan fingerprint density at radius 2 is 2.00 bits per heavy atom. The second-order valence-electron chi connectivity index (χ2n) is 1.83. The Morgan fingerprint density at radius 1 is 1.30 bits per heavy atom. The van der Waals surface area contributed by atoms with E-state index in [0.717, 1.165) is 0 Å². The van der Waals surface area contributed by atoms with Crippen molar-refractivity contribution >= 4 is 70.6 Å². The van der Waals surface area contributed by atoms with Gasteiger partial charge in [-0.1, -0.05) is 0 Å². The molecule has 2 heterocycles. The summed E-state index contributed by atoms with van der Waals surface area (Å²) in [5.41, 5.74) is 0. The first-order valence-electron chi connectivity index (χ1n) is 2.58. The summed E-state index contributed by atoms with van der Waals surface area (Å²) in [4.78, 5) is 0. The summed E-state index contributed by atoms with van der Waals surface area (Å²) < 4.78 is 4.00. The molecule has 2 aromatic rings. The third kappa shape index (κ3) is 1.05. The van der Waals surface area contributed by atoms with Gasteiger partial charge in [0.2, 0.25) is 0 Å². The van der Waals surface area contributed by atoms with Crippen molar-refractivity contribution in [3.8, 4) is 0 Å². The lowest BCUT2D eigenvalue weighted by Crippen LogP contribution is -1.58. The van der Waals surface area contributed by atoms with Gasteiger partial charge in [0.1, 0.15) is 0 Å². The number of thiophene rings is 2. The summed E-state index contributed by atoms with van der Waals surface area (Å²) in [5.74, 6) is 0. The molecule has 2 rings (SSSR count). The van der Waals surface area contributed by atoms with Crippen LogP contribution in [0.25, 0.3) is 9.40 Å². The Hall–Kier alpha value is 0.870. The van der Waals surface area contributed by atoms with Crippen LogP contribution in [0.4, 0.5) is 0 Å². The highest BCUT2D eigenvalue weighted by Gasteiger charge is 2.06. The van der Waals surface area contributed by atoms with Crippen LogP contribution in [0.1, 0.15) is 0 Å². The zero-order valence-corrected chi connectivity index (χ0v) is 10.1. The van der Waals surface area contributed by atoms with Crippen molar-refractivity contribution in [2.45, 2.75) is 0 Å². The summed E-state index contributed by atoms with van der Waals surface area (Å²) in [7, 11) is 0. The average Bonchev–Trinajstić information content (AvgIpc) is 2.40. The fourth-order valence-corrected chi connectivity index (χ4v) is 5.26. The van der Waals surface area contributed by atoms with Gasteiger partial charge >= 0.3 is 0 Å². The zero-order valence-electron chi connectivity index (χ0n) is 4.73. The summed E-state index contributed by atoms with van der Waals surface area (Å²) in [6, 6.07) is 0. The van der Waals surface area contributed by atoms with Crippen molar-refractivity contribution in [3.05, 3.63) is 18.8 Å². The van der Waals surface area contributed by atoms with Crippen LogP contribution in [-0.2, 0) is 0 Å². The van der Waals surface area contributed by atoms with E-state index in [1.54, 1.807) is 11.3 Å². The molecule has 10 heavy (non-hydrogen) atoms. The number of halogens is 2. The van der Waals surface area contributed by atoms with E-state index in [1.807, 2.05) is 11.3 Å². The molecule has 0 N–H and O–H groups in total. The lowest BCUT2D eigenvalue weighted by molar-refractivity contribution is 1.92. The van der Waals surface area contributed by atoms with Crippen molar-refractivity contribution in [1.82, 2.24) is 0 Å². The van der Waals surface area contributed by atoms with Crippen LogP contribution in [0.5, 0.6) is 0 Å². The van der Waals surface area contributed by atoms with Crippen molar-refractivity contribution < 1.29 is 0 Å². The van der Waals surface area contributed by atoms with Crippen LogP contribution in [0.2, 0.25) is 0 Å². The predicted molar refractivity (Wildman–Crippen MR) is 60.1 cm³/mol. The molecule has 52 valence electrons. The highest BCUT2D eigenvalue weighted by molar-refractivity contribution is 14.1. The largest absolute Gasteiger partial charge is 0.132 e. The van der Waals surface area contributed by atoms with Gasteiger partial charge in [-0.25, -0.2) is 0 Å². The zero-order chi connectivity index (χ0) is 7.14. The molecule has 0 spiro atoms. The van der Waals surface area contributed by atoms with E-state index >= 15 is 0 Å². The molecule has 0 aliphatic carbocycles. The maximum Gasteiger partial charge on any atom is 0.0887 e. The molecule has 0 amide bonds. The lowest BCUT2D eigenvalue weighted by atomic mass is 10.4. The second-order valence-corrected chi connectivity index (χ2v) is 5.86. The Kier molecular flexibility index (Phi) is 2.05. The molecule has 4 heteroatoms. The molecule has 0 aliphatic rings. The Labute approximate surface area is 88.5 Å². The van der Waals surface area contributed by atoms with Gasteiger partial charge in [0.15, 0.2) is 0 Å². The average molecular weight is 345 g/mol. The van der Waals surface area contributed by atoms with E-state index in [9.17, 15) is 0 Å². The number of fused-ring (bicyclic) bond motifs is 1. The monoisotopic (exact) mass is 344 g/mol. The highest BCUT2D eigenvalue weighted by atomic mass is 127. The van der Waals surface area contributed by atoms with Gasteiger partial charge in [0.25, 0.3) is 0 Å². The van der Waals surface area contributed by atoms with Gasteiger partial charge < -0.3 is 0 Å². The van der Waals surface area contributed by atoms with Gasteiger partial charge in [0.05, 0.1) is 4.01 Å². The fourth-order valence-electron chi connectivity index (χ4n) is 0.783. The Morgan fingerprint density at radius 3 is 2.70 bits per heavy atom. The molecule has 0 saturated carbocycles. The SMILES string of the molecule is Brc1csc2scc(I)c12. The topological polar surface area (TPSA) is 0 Å². The van der Waals surface area contributed by atoms with Crippen LogP contribution >= 0.6 is 61.2 Å². The number of rotatable bonds is 0. The van der Waals surface area contributed by atoms with E-state index in [-0.39, 0.29) is 0 Å². The van der Waals surface area contributed by atoms with Gasteiger partial charge in [-0.2, -0.15) is 0 Å². The van der Waals surface area contributed by atoms with Gasteiger partial charge in [-0.05, 0) is 38.5 Å². The quantitative estimate of drug-likeness (QED) is 0.624. The maximum atomic E-state index is 3.51. The first-order chi connectivity index (χ1) is 4.79. The maximum absolute atomic E-state index is 3.51. The molecular formula is C6H2BrIS2. The Bertz CT molecular complexity index is 331. The van der Waals surface area contributed by atoms with Crippen molar-refractivity contribution in [3.63, 3.8) is 0 Å². The minimum absolute atomic E-state index is 1.23. The third-order valence-corrected chi connectivity index (χ3v) is 5.54. The smallest absolute Gasteiger partial charge is 0.0887 e. The second kappa shape index (κ2) is 2.73. The molecule has 0 radical (unpaired) electrons. The standard InChI is InChI=1S/C6H2BrIS2/c7-3-1-9-6-5(3)4(8)2-10-6/h1-2H. The van der Waals surface area contributed by atoms with E-state index in [1.165, 1.54) is 17.4 Å². The molecule has 0 fully saturated rings. The molecular weight excluding hydrogens is 343 g/mol. The third-order valence-electron chi connectivity index (χ3n) is 1.22. The van der Waals surface area contributed by atoms with Crippen molar-refractivity contribution in [2.75, 3.05) is 0 Å². The number of hydrogen-bond acceptors (Lipinski definition) is 2. The van der Waals surface area contributed by atoms with E-state index < -0.39 is 0 Å². The minimum atomic E-state index is 1.23. The van der Waals surface area contributed by atoms with Crippen LogP contribution in [-0.4, -0.2) is 0 Å².